The molecule has 2 N–H and O–H groups in total. The van der Waals surface area contributed by atoms with Crippen LogP contribution in [0.3, 0.4) is 0 Å². The molecule has 0 unspecified atom stereocenters. The summed E-state index contributed by atoms with van der Waals surface area (Å²) in [5.74, 6) is 0. The molecule has 2 aromatic carbocycles. The van der Waals surface area contributed by atoms with E-state index in [-0.39, 0.29) is 12.4 Å². The minimum atomic E-state index is 0. The minimum Gasteiger partial charge on any atom is -1.00 e. The van der Waals surface area contributed by atoms with Crippen molar-refractivity contribution in [2.75, 3.05) is 0 Å². The zero-order valence-corrected chi connectivity index (χ0v) is 16.0. The van der Waals surface area contributed by atoms with Crippen molar-refractivity contribution in [3.63, 3.8) is 0 Å². The highest BCUT2D eigenvalue weighted by Crippen LogP contribution is 2.33. The van der Waals surface area contributed by atoms with Crippen LogP contribution in [0, 0.1) is 41.5 Å². The zero-order chi connectivity index (χ0) is 16.7. The first-order chi connectivity index (χ1) is 10.9. The summed E-state index contributed by atoms with van der Waals surface area (Å²) in [7, 11) is 0. The molecule has 0 atom stereocenters. The second kappa shape index (κ2) is 6.92. The average Bonchev–Trinajstić information content (AvgIpc) is 2.85. The van der Waals surface area contributed by atoms with Crippen molar-refractivity contribution in [2.24, 2.45) is 4.99 Å². The molecule has 0 radical (unpaired) electrons. The van der Waals surface area contributed by atoms with Gasteiger partial charge in [-0.15, -0.1) is 0 Å². The molecule has 2 aromatic rings. The third-order valence-corrected chi connectivity index (χ3v) is 4.56. The van der Waals surface area contributed by atoms with Gasteiger partial charge in [0.05, 0.1) is 0 Å². The van der Waals surface area contributed by atoms with Crippen LogP contribution in [0.5, 0.6) is 0 Å². The summed E-state index contributed by atoms with van der Waals surface area (Å²) >= 11 is 0. The number of nitrogens with two attached hydrogens (primary N) is 1. The number of benzene rings is 2. The van der Waals surface area contributed by atoms with Crippen LogP contribution in [0.1, 0.15) is 44.5 Å². The van der Waals surface area contributed by atoms with E-state index in [0.717, 1.165) is 5.70 Å². The number of nitrogens with zero attached hydrogens (tertiary/aromatic N) is 1. The standard InChI is InChI=1S/C21H24N2.ClH/c1-12-7-14(3)18(15(4)8-12)20-21(23-11-22-20)19-16(5)9-13(2)10-17(19)6;/h7-11H,1-6H3,(H,22,23);1H. The second-order valence-electron chi connectivity index (χ2n) is 6.75. The number of quaternary nitrogens is 1. The number of aliphatic imine (C=N–C) groups is 1. The van der Waals surface area contributed by atoms with Crippen molar-refractivity contribution in [3.05, 3.63) is 68.8 Å². The van der Waals surface area contributed by atoms with E-state index < -0.39 is 0 Å². The van der Waals surface area contributed by atoms with Gasteiger partial charge in [0.25, 0.3) is 0 Å². The highest BCUT2D eigenvalue weighted by atomic mass is 35.5. The SMILES string of the molecule is Cc1cc(C)c(C2=C(c3c(C)cc(C)cc3C)[NH2+]C=N2)c(C)c1.[Cl-]. The largest absolute Gasteiger partial charge is 1.00 e. The molecule has 24 heavy (non-hydrogen) atoms. The topological polar surface area (TPSA) is 29.0 Å². The van der Waals surface area contributed by atoms with Gasteiger partial charge in [0.1, 0.15) is 5.70 Å². The van der Waals surface area contributed by atoms with Crippen LogP contribution in [0.2, 0.25) is 0 Å². The van der Waals surface area contributed by atoms with E-state index >= 15 is 0 Å². The number of halogens is 1. The Morgan fingerprint density at radius 2 is 1.08 bits per heavy atom. The molecule has 126 valence electrons. The van der Waals surface area contributed by atoms with Crippen LogP contribution in [0.25, 0.3) is 11.4 Å². The molecule has 2 nitrogen and oxygen atoms in total. The summed E-state index contributed by atoms with van der Waals surface area (Å²) in [5.41, 5.74) is 12.8. The molecular weight excluding hydrogens is 316 g/mol. The molecule has 0 amide bonds. The monoisotopic (exact) mass is 340 g/mol. The minimum absolute atomic E-state index is 0. The first kappa shape index (κ1) is 18.4. The van der Waals surface area contributed by atoms with Crippen LogP contribution in [0.4, 0.5) is 0 Å². The van der Waals surface area contributed by atoms with Crippen molar-refractivity contribution in [1.82, 2.24) is 0 Å². The molecule has 0 fully saturated rings. The molecule has 0 spiro atoms. The summed E-state index contributed by atoms with van der Waals surface area (Å²) in [4.78, 5) is 4.72. The fourth-order valence-corrected chi connectivity index (χ4v) is 3.89. The number of rotatable bonds is 2. The van der Waals surface area contributed by atoms with Gasteiger partial charge in [-0.1, -0.05) is 35.4 Å². The van der Waals surface area contributed by atoms with Crippen LogP contribution < -0.4 is 17.7 Å². The van der Waals surface area contributed by atoms with Gasteiger partial charge in [-0.25, -0.2) is 0 Å². The van der Waals surface area contributed by atoms with Gasteiger partial charge in [-0.05, 0) is 63.8 Å². The highest BCUT2D eigenvalue weighted by Gasteiger charge is 2.24. The van der Waals surface area contributed by atoms with Crippen molar-refractivity contribution >= 4 is 17.7 Å². The lowest BCUT2D eigenvalue weighted by Crippen LogP contribution is -3.00. The molecule has 3 heteroatoms. The van der Waals surface area contributed by atoms with Gasteiger partial charge in [0.2, 0.25) is 0 Å². The van der Waals surface area contributed by atoms with E-state index in [1.54, 1.807) is 0 Å². The number of hydrogen-bond donors (Lipinski definition) is 1. The Balaban J connectivity index is 0.00000208. The normalized spacial score (nSPS) is 13.4. The fourth-order valence-electron chi connectivity index (χ4n) is 3.89. The Bertz CT molecular complexity index is 814. The molecule has 0 saturated carbocycles. The van der Waals surface area contributed by atoms with Crippen molar-refractivity contribution in [2.45, 2.75) is 41.5 Å². The quantitative estimate of drug-likeness (QED) is 0.844. The van der Waals surface area contributed by atoms with E-state index in [1.165, 1.54) is 50.2 Å². The summed E-state index contributed by atoms with van der Waals surface area (Å²) in [6.45, 7) is 13.1. The van der Waals surface area contributed by atoms with Gasteiger partial charge in [0.15, 0.2) is 12.0 Å². The van der Waals surface area contributed by atoms with Gasteiger partial charge in [-0.3, -0.25) is 5.32 Å². The Hall–Kier alpha value is -1.90. The van der Waals surface area contributed by atoms with Crippen molar-refractivity contribution in [1.29, 1.82) is 0 Å². The lowest BCUT2D eigenvalue weighted by atomic mass is 9.92. The maximum atomic E-state index is 4.72. The van der Waals surface area contributed by atoms with Gasteiger partial charge in [0, 0.05) is 11.1 Å². The lowest BCUT2D eigenvalue weighted by molar-refractivity contribution is -0.419. The van der Waals surface area contributed by atoms with Gasteiger partial charge < -0.3 is 12.4 Å². The van der Waals surface area contributed by atoms with Gasteiger partial charge in [-0.2, -0.15) is 4.99 Å². The van der Waals surface area contributed by atoms with Crippen LogP contribution >= 0.6 is 0 Å². The maximum Gasteiger partial charge on any atom is 0.192 e. The van der Waals surface area contributed by atoms with Crippen LogP contribution in [-0.4, -0.2) is 6.34 Å². The van der Waals surface area contributed by atoms with Crippen LogP contribution in [0.15, 0.2) is 29.3 Å². The summed E-state index contributed by atoms with van der Waals surface area (Å²) in [6, 6.07) is 9.01. The predicted octanol–water partition coefficient (Wildman–Crippen LogP) is 0.972. The van der Waals surface area contributed by atoms with Crippen molar-refractivity contribution in [3.8, 4) is 0 Å². The summed E-state index contributed by atoms with van der Waals surface area (Å²) < 4.78 is 0. The van der Waals surface area contributed by atoms with Crippen LogP contribution in [-0.2, 0) is 0 Å². The summed E-state index contributed by atoms with van der Waals surface area (Å²) in [5, 5.41) is 2.15. The van der Waals surface area contributed by atoms with E-state index in [4.69, 9.17) is 4.99 Å². The number of aryl methyl sites for hydroxylation is 6. The first-order valence-electron chi connectivity index (χ1n) is 8.16. The lowest BCUT2D eigenvalue weighted by Gasteiger charge is -2.14. The molecular formula is C21H25ClN2. The first-order valence-corrected chi connectivity index (χ1v) is 8.16. The van der Waals surface area contributed by atoms with E-state index in [1.807, 2.05) is 6.34 Å². The Labute approximate surface area is 151 Å². The molecule has 0 bridgehead atoms. The van der Waals surface area contributed by atoms with Crippen molar-refractivity contribution < 1.29 is 17.7 Å². The Morgan fingerprint density at radius 3 is 1.54 bits per heavy atom. The second-order valence-corrected chi connectivity index (χ2v) is 6.75. The molecule has 1 aliphatic heterocycles. The fraction of sp³-hybridized carbons (Fsp3) is 0.286. The van der Waals surface area contributed by atoms with Gasteiger partial charge >= 0.3 is 0 Å². The van der Waals surface area contributed by atoms with E-state index in [0.29, 0.717) is 0 Å². The molecule has 0 saturated heterocycles. The molecule has 0 aromatic heterocycles. The third kappa shape index (κ3) is 3.17. The molecule has 3 rings (SSSR count). The Morgan fingerprint density at radius 1 is 0.667 bits per heavy atom. The number of hydrogen-bond acceptors (Lipinski definition) is 1. The van der Waals surface area contributed by atoms with E-state index in [9.17, 15) is 0 Å². The van der Waals surface area contributed by atoms with E-state index in [2.05, 4.69) is 71.1 Å². The molecule has 0 aliphatic carbocycles. The predicted molar refractivity (Wildman–Crippen MR) is 98.5 cm³/mol. The third-order valence-electron chi connectivity index (χ3n) is 4.56. The molecule has 1 aliphatic rings. The molecule has 1 heterocycles. The maximum absolute atomic E-state index is 4.72. The Kier molecular flexibility index (Phi) is 5.32. The zero-order valence-electron chi connectivity index (χ0n) is 15.3. The average molecular weight is 341 g/mol. The smallest absolute Gasteiger partial charge is 0.192 e. The summed E-state index contributed by atoms with van der Waals surface area (Å²) in [6.07, 6.45) is 1.93. The highest BCUT2D eigenvalue weighted by molar-refractivity contribution is 5.95.